The molecule has 4 N–H and O–H groups in total. The van der Waals surface area contributed by atoms with Crippen LogP contribution in [0.2, 0.25) is 5.02 Å². The summed E-state index contributed by atoms with van der Waals surface area (Å²) >= 11 is 6.31. The van der Waals surface area contributed by atoms with Crippen LogP contribution >= 0.6 is 11.6 Å². The summed E-state index contributed by atoms with van der Waals surface area (Å²) in [5, 5.41) is 11.4. The first-order chi connectivity index (χ1) is 10.2. The summed E-state index contributed by atoms with van der Waals surface area (Å²) in [4.78, 5) is 4.48. The highest BCUT2D eigenvalue weighted by Crippen LogP contribution is 2.33. The zero-order chi connectivity index (χ0) is 14.4. The van der Waals surface area contributed by atoms with E-state index in [1.807, 2.05) is 0 Å². The van der Waals surface area contributed by atoms with Crippen LogP contribution in [-0.4, -0.2) is 15.2 Å². The second-order valence-corrected chi connectivity index (χ2v) is 5.65. The lowest BCUT2D eigenvalue weighted by Crippen LogP contribution is -1.99. The molecule has 3 aromatic rings. The third-order valence-electron chi connectivity index (χ3n) is 3.93. The van der Waals surface area contributed by atoms with Gasteiger partial charge in [-0.25, -0.2) is 4.98 Å². The smallest absolute Gasteiger partial charge is 0.159 e. The van der Waals surface area contributed by atoms with Gasteiger partial charge in [0.05, 0.1) is 10.4 Å². The fourth-order valence-electron chi connectivity index (χ4n) is 2.89. The Morgan fingerprint density at radius 1 is 1.29 bits per heavy atom. The van der Waals surface area contributed by atoms with Crippen LogP contribution in [0.1, 0.15) is 17.5 Å². The highest BCUT2D eigenvalue weighted by molar-refractivity contribution is 6.33. The maximum absolute atomic E-state index is 6.31. The van der Waals surface area contributed by atoms with E-state index < -0.39 is 0 Å². The zero-order valence-corrected chi connectivity index (χ0v) is 12.0. The number of aromatic nitrogens is 3. The third-order valence-corrected chi connectivity index (χ3v) is 4.22. The SMILES string of the molecule is Nc1n[nH]c2nc(Nc3cccc4c3CCC4)c(Cl)cc12. The van der Waals surface area contributed by atoms with E-state index in [9.17, 15) is 0 Å². The highest BCUT2D eigenvalue weighted by atomic mass is 35.5. The molecule has 2 heterocycles. The van der Waals surface area contributed by atoms with Crippen molar-refractivity contribution in [2.24, 2.45) is 0 Å². The first-order valence-electron chi connectivity index (χ1n) is 6.90. The molecule has 6 heteroatoms. The molecule has 0 unspecified atom stereocenters. The average molecular weight is 300 g/mol. The van der Waals surface area contributed by atoms with Gasteiger partial charge >= 0.3 is 0 Å². The van der Waals surface area contributed by atoms with E-state index >= 15 is 0 Å². The maximum atomic E-state index is 6.31. The summed E-state index contributed by atoms with van der Waals surface area (Å²) in [7, 11) is 0. The fraction of sp³-hybridized carbons (Fsp3) is 0.200. The van der Waals surface area contributed by atoms with Gasteiger partial charge in [0.2, 0.25) is 0 Å². The minimum Gasteiger partial charge on any atom is -0.382 e. The Morgan fingerprint density at radius 3 is 3.10 bits per heavy atom. The number of aryl methyl sites for hydroxylation is 1. The number of rotatable bonds is 2. The minimum atomic E-state index is 0.409. The summed E-state index contributed by atoms with van der Waals surface area (Å²) in [5.41, 5.74) is 10.2. The summed E-state index contributed by atoms with van der Waals surface area (Å²) < 4.78 is 0. The zero-order valence-electron chi connectivity index (χ0n) is 11.3. The quantitative estimate of drug-likeness (QED) is 0.677. The number of benzene rings is 1. The predicted octanol–water partition coefficient (Wildman–Crippen LogP) is 3.43. The van der Waals surface area contributed by atoms with Crippen LogP contribution in [-0.2, 0) is 12.8 Å². The number of nitrogens with zero attached hydrogens (tertiary/aromatic N) is 2. The van der Waals surface area contributed by atoms with Gasteiger partial charge in [-0.2, -0.15) is 5.10 Å². The molecule has 0 radical (unpaired) electrons. The number of nitrogens with one attached hydrogen (secondary N) is 2. The van der Waals surface area contributed by atoms with Crippen LogP contribution in [0.25, 0.3) is 11.0 Å². The number of nitrogens with two attached hydrogens (primary N) is 1. The molecule has 4 rings (SSSR count). The highest BCUT2D eigenvalue weighted by Gasteiger charge is 2.16. The van der Waals surface area contributed by atoms with Crippen LogP contribution < -0.4 is 11.1 Å². The van der Waals surface area contributed by atoms with Crippen LogP contribution in [0.3, 0.4) is 0 Å². The monoisotopic (exact) mass is 299 g/mol. The Hall–Kier alpha value is -2.27. The number of nitrogen functional groups attached to an aromatic ring is 1. The second-order valence-electron chi connectivity index (χ2n) is 5.25. The van der Waals surface area contributed by atoms with E-state index in [4.69, 9.17) is 17.3 Å². The molecule has 0 bridgehead atoms. The standard InChI is InChI=1S/C15H14ClN5/c16-11-7-10-13(17)20-21-14(10)19-15(11)18-12-6-2-4-8-3-1-5-9(8)12/h2,4,6-7H,1,3,5H2,(H4,17,18,19,20,21). The Morgan fingerprint density at radius 2 is 2.19 bits per heavy atom. The van der Waals surface area contributed by atoms with E-state index in [-0.39, 0.29) is 0 Å². The number of fused-ring (bicyclic) bond motifs is 2. The average Bonchev–Trinajstić information content (AvgIpc) is 3.08. The van der Waals surface area contributed by atoms with Crippen LogP contribution in [0, 0.1) is 0 Å². The fourth-order valence-corrected chi connectivity index (χ4v) is 3.09. The number of hydrogen-bond acceptors (Lipinski definition) is 4. The molecule has 0 atom stereocenters. The van der Waals surface area contributed by atoms with Gasteiger partial charge in [0, 0.05) is 5.69 Å². The lowest BCUT2D eigenvalue weighted by Gasteiger charge is -2.12. The number of H-pyrrole nitrogens is 1. The van der Waals surface area contributed by atoms with Crippen molar-refractivity contribution in [3.05, 3.63) is 40.4 Å². The molecule has 0 fully saturated rings. The van der Waals surface area contributed by atoms with Gasteiger partial charge in [0.15, 0.2) is 17.3 Å². The predicted molar refractivity (Wildman–Crippen MR) is 85.1 cm³/mol. The minimum absolute atomic E-state index is 0.409. The first kappa shape index (κ1) is 12.5. The number of hydrogen-bond donors (Lipinski definition) is 3. The molecular weight excluding hydrogens is 286 g/mol. The molecule has 1 aromatic carbocycles. The molecule has 0 spiro atoms. The Labute approximate surface area is 126 Å². The number of pyridine rings is 1. The van der Waals surface area contributed by atoms with Gasteiger partial charge in [-0.3, -0.25) is 5.10 Å². The van der Waals surface area contributed by atoms with Crippen LogP contribution in [0.5, 0.6) is 0 Å². The molecule has 0 saturated heterocycles. The van der Waals surface area contributed by atoms with E-state index in [0.717, 1.165) is 23.9 Å². The molecule has 0 aliphatic heterocycles. The van der Waals surface area contributed by atoms with E-state index in [0.29, 0.717) is 22.3 Å². The lowest BCUT2D eigenvalue weighted by atomic mass is 10.1. The third kappa shape index (κ3) is 2.01. The van der Waals surface area contributed by atoms with Crippen molar-refractivity contribution in [3.63, 3.8) is 0 Å². The van der Waals surface area contributed by atoms with E-state index in [1.165, 1.54) is 17.5 Å². The summed E-state index contributed by atoms with van der Waals surface area (Å²) in [5.74, 6) is 1.03. The summed E-state index contributed by atoms with van der Waals surface area (Å²) in [6.45, 7) is 0. The summed E-state index contributed by atoms with van der Waals surface area (Å²) in [6.07, 6.45) is 3.43. The van der Waals surface area contributed by atoms with Crippen molar-refractivity contribution in [1.82, 2.24) is 15.2 Å². The van der Waals surface area contributed by atoms with Crippen molar-refractivity contribution >= 4 is 40.0 Å². The van der Waals surface area contributed by atoms with Gasteiger partial charge in [-0.1, -0.05) is 23.7 Å². The molecule has 1 aliphatic rings. The van der Waals surface area contributed by atoms with E-state index in [1.54, 1.807) is 6.07 Å². The van der Waals surface area contributed by atoms with Crippen molar-refractivity contribution in [2.45, 2.75) is 19.3 Å². The normalized spacial score (nSPS) is 13.6. The molecular formula is C15H14ClN5. The van der Waals surface area contributed by atoms with Crippen molar-refractivity contribution in [2.75, 3.05) is 11.1 Å². The van der Waals surface area contributed by atoms with Gasteiger partial charge in [0.25, 0.3) is 0 Å². The van der Waals surface area contributed by atoms with Gasteiger partial charge < -0.3 is 11.1 Å². The Bertz CT molecular complexity index is 839. The number of anilines is 3. The maximum Gasteiger partial charge on any atom is 0.159 e. The van der Waals surface area contributed by atoms with Crippen molar-refractivity contribution in [3.8, 4) is 0 Å². The molecule has 106 valence electrons. The van der Waals surface area contributed by atoms with Crippen LogP contribution in [0.4, 0.5) is 17.3 Å². The number of halogens is 1. The Kier molecular flexibility index (Phi) is 2.75. The van der Waals surface area contributed by atoms with Crippen molar-refractivity contribution < 1.29 is 0 Å². The van der Waals surface area contributed by atoms with Crippen LogP contribution in [0.15, 0.2) is 24.3 Å². The van der Waals surface area contributed by atoms with E-state index in [2.05, 4.69) is 38.7 Å². The molecule has 5 nitrogen and oxygen atoms in total. The molecule has 0 saturated carbocycles. The largest absolute Gasteiger partial charge is 0.382 e. The Balaban J connectivity index is 1.78. The molecule has 2 aromatic heterocycles. The molecule has 1 aliphatic carbocycles. The number of aromatic amines is 1. The van der Waals surface area contributed by atoms with Crippen molar-refractivity contribution in [1.29, 1.82) is 0 Å². The van der Waals surface area contributed by atoms with Gasteiger partial charge in [0.1, 0.15) is 0 Å². The lowest BCUT2D eigenvalue weighted by molar-refractivity contribution is 0.912. The van der Waals surface area contributed by atoms with Gasteiger partial charge in [-0.15, -0.1) is 0 Å². The second kappa shape index (κ2) is 4.63. The molecule has 21 heavy (non-hydrogen) atoms. The first-order valence-corrected chi connectivity index (χ1v) is 7.28. The van der Waals surface area contributed by atoms with Gasteiger partial charge in [-0.05, 0) is 42.5 Å². The molecule has 0 amide bonds. The topological polar surface area (TPSA) is 79.6 Å². The summed E-state index contributed by atoms with van der Waals surface area (Å²) in [6, 6.07) is 8.09.